The lowest BCUT2D eigenvalue weighted by molar-refractivity contribution is 0.798. The zero-order valence-corrected chi connectivity index (χ0v) is 26.0. The minimum Gasteiger partial charge on any atom is -0.261 e. The first-order valence-electron chi connectivity index (χ1n) is 14.9. The number of hydrogen-bond acceptors (Lipinski definition) is 16. The van der Waals surface area contributed by atoms with Crippen molar-refractivity contribution in [3.8, 4) is 45.3 Å². The van der Waals surface area contributed by atoms with Crippen molar-refractivity contribution in [2.45, 2.75) is 6.54 Å². The van der Waals surface area contributed by atoms with Crippen LogP contribution in [-0.4, -0.2) is 70.6 Å². The summed E-state index contributed by atoms with van der Waals surface area (Å²) in [6, 6.07) is 15.2. The molecular formula is C33H19N15S. The number of anilines is 1. The number of hydrogen-bond donors (Lipinski definition) is 0. The van der Waals surface area contributed by atoms with Gasteiger partial charge in [-0.15, -0.1) is 20.4 Å². The molecule has 0 N–H and O–H groups in total. The fourth-order valence-corrected chi connectivity index (χ4v) is 6.35. The summed E-state index contributed by atoms with van der Waals surface area (Å²) in [6.45, 7) is 0.243. The topological polar surface area (TPSA) is 183 Å². The molecule has 0 spiro atoms. The third-order valence-electron chi connectivity index (χ3n) is 7.87. The number of rotatable bonds is 6. The highest BCUT2D eigenvalue weighted by Gasteiger charge is 2.37. The first-order valence-corrected chi connectivity index (χ1v) is 15.7. The van der Waals surface area contributed by atoms with Crippen molar-refractivity contribution in [1.29, 1.82) is 0 Å². The molecule has 8 aromatic rings. The van der Waals surface area contributed by atoms with Gasteiger partial charge in [0.15, 0.2) is 17.5 Å². The summed E-state index contributed by atoms with van der Waals surface area (Å²) in [5, 5.41) is 32.1. The molecule has 9 rings (SSSR count). The molecule has 0 aliphatic carbocycles. The van der Waals surface area contributed by atoms with Crippen LogP contribution in [0.25, 0.3) is 56.2 Å². The van der Waals surface area contributed by atoms with Gasteiger partial charge in [0.1, 0.15) is 29.8 Å². The number of fused-ring (bicyclic) bond motifs is 2. The molecule has 0 amide bonds. The van der Waals surface area contributed by atoms with E-state index >= 15 is 0 Å². The predicted octanol–water partition coefficient (Wildman–Crippen LogP) is 4.48. The Morgan fingerprint density at radius 1 is 0.612 bits per heavy atom. The molecule has 0 bridgehead atoms. The van der Waals surface area contributed by atoms with Gasteiger partial charge >= 0.3 is 0 Å². The van der Waals surface area contributed by atoms with E-state index in [2.05, 4.69) is 44.8 Å². The zero-order chi connectivity index (χ0) is 32.6. The lowest BCUT2D eigenvalue weighted by atomic mass is 9.80. The second kappa shape index (κ2) is 12.0. The Bertz CT molecular complexity index is 2460. The van der Waals surface area contributed by atoms with Crippen LogP contribution in [0.2, 0.25) is 0 Å². The highest BCUT2D eigenvalue weighted by Crippen LogP contribution is 2.49. The SMILES string of the molecule is c1cnc(-c2c3c(c(-c4ncncn4)c(-c4csnn4)c2-c2cnccn2)C(c2cc4ccccc4nn2)=NN(c2cccnn2)C3)nc1. The molecule has 232 valence electrons. The fourth-order valence-electron chi connectivity index (χ4n) is 5.90. The molecule has 15 nitrogen and oxygen atoms in total. The van der Waals surface area contributed by atoms with Crippen molar-refractivity contribution in [3.05, 3.63) is 121 Å². The number of aromatic nitrogens is 13. The second-order valence-electron chi connectivity index (χ2n) is 10.6. The Hall–Kier alpha value is -6.94. The number of nitrogens with zero attached hydrogens (tertiary/aromatic N) is 15. The van der Waals surface area contributed by atoms with Crippen LogP contribution in [0.5, 0.6) is 0 Å². The van der Waals surface area contributed by atoms with E-state index in [1.807, 2.05) is 47.8 Å². The van der Waals surface area contributed by atoms with E-state index < -0.39 is 0 Å². The average Bonchev–Trinajstić information content (AvgIpc) is 3.73. The Labute approximate surface area is 280 Å². The van der Waals surface area contributed by atoms with Gasteiger partial charge in [0, 0.05) is 69.6 Å². The predicted molar refractivity (Wildman–Crippen MR) is 180 cm³/mol. The minimum atomic E-state index is 0.243. The van der Waals surface area contributed by atoms with E-state index in [0.29, 0.717) is 68.1 Å². The second-order valence-corrected chi connectivity index (χ2v) is 11.3. The maximum absolute atomic E-state index is 5.19. The average molecular weight is 658 g/mol. The van der Waals surface area contributed by atoms with Crippen LogP contribution in [0.3, 0.4) is 0 Å². The van der Waals surface area contributed by atoms with Gasteiger partial charge < -0.3 is 0 Å². The monoisotopic (exact) mass is 657 g/mol. The molecule has 1 aliphatic heterocycles. The number of benzene rings is 2. The van der Waals surface area contributed by atoms with Crippen molar-refractivity contribution in [3.63, 3.8) is 0 Å². The Kier molecular flexibility index (Phi) is 6.94. The lowest BCUT2D eigenvalue weighted by Gasteiger charge is -2.31. The van der Waals surface area contributed by atoms with Crippen molar-refractivity contribution in [2.24, 2.45) is 5.10 Å². The molecular weight excluding hydrogens is 639 g/mol. The van der Waals surface area contributed by atoms with Gasteiger partial charge in [-0.05, 0) is 47.4 Å². The molecule has 2 aromatic carbocycles. The molecule has 1 aliphatic rings. The lowest BCUT2D eigenvalue weighted by Crippen LogP contribution is -2.30. The summed E-state index contributed by atoms with van der Waals surface area (Å²) in [7, 11) is 0. The Morgan fingerprint density at radius 2 is 1.47 bits per heavy atom. The van der Waals surface area contributed by atoms with Gasteiger partial charge in [-0.3, -0.25) is 9.97 Å². The third kappa shape index (κ3) is 4.99. The van der Waals surface area contributed by atoms with Crippen LogP contribution in [-0.2, 0) is 6.54 Å². The molecule has 6 aromatic heterocycles. The summed E-state index contributed by atoms with van der Waals surface area (Å²) in [4.78, 5) is 32.2. The molecule has 0 unspecified atom stereocenters. The van der Waals surface area contributed by atoms with E-state index in [0.717, 1.165) is 16.5 Å². The van der Waals surface area contributed by atoms with Crippen LogP contribution in [0, 0.1) is 0 Å². The normalized spacial score (nSPS) is 12.5. The minimum absolute atomic E-state index is 0.243. The molecule has 0 radical (unpaired) electrons. The Balaban J connectivity index is 1.49. The summed E-state index contributed by atoms with van der Waals surface area (Å²) in [5.41, 5.74) is 7.00. The molecule has 0 saturated carbocycles. The van der Waals surface area contributed by atoms with Crippen molar-refractivity contribution < 1.29 is 0 Å². The molecule has 16 heteroatoms. The fraction of sp³-hybridized carbons (Fsp3) is 0.0303. The van der Waals surface area contributed by atoms with Gasteiger partial charge in [-0.2, -0.15) is 10.2 Å². The van der Waals surface area contributed by atoms with E-state index in [1.165, 1.54) is 24.2 Å². The first-order chi connectivity index (χ1) is 24.3. The van der Waals surface area contributed by atoms with E-state index in [9.17, 15) is 0 Å². The quantitative estimate of drug-likeness (QED) is 0.244. The van der Waals surface area contributed by atoms with Gasteiger partial charge in [0.2, 0.25) is 0 Å². The highest BCUT2D eigenvalue weighted by molar-refractivity contribution is 7.03. The smallest absolute Gasteiger partial charge is 0.171 e. The van der Waals surface area contributed by atoms with Crippen LogP contribution in [0.15, 0.2) is 109 Å². The molecule has 0 fully saturated rings. The maximum Gasteiger partial charge on any atom is 0.171 e. The van der Waals surface area contributed by atoms with Gasteiger partial charge in [0.05, 0.1) is 24.0 Å². The number of hydrazone groups is 1. The van der Waals surface area contributed by atoms with E-state index in [-0.39, 0.29) is 6.54 Å². The van der Waals surface area contributed by atoms with E-state index in [4.69, 9.17) is 25.2 Å². The van der Waals surface area contributed by atoms with E-state index in [1.54, 1.807) is 48.3 Å². The van der Waals surface area contributed by atoms with Gasteiger partial charge in [0.25, 0.3) is 0 Å². The highest BCUT2D eigenvalue weighted by atomic mass is 32.1. The largest absolute Gasteiger partial charge is 0.261 e. The summed E-state index contributed by atoms with van der Waals surface area (Å²) >= 11 is 1.22. The van der Waals surface area contributed by atoms with Crippen LogP contribution in [0.4, 0.5) is 5.82 Å². The standard InChI is InChI=1S/C33H19N15S/c1-2-6-21-19(5-1)13-22(43-42-21)31-26-20(15-48(46-31)25-7-3-10-41-45-25)27(32-37-8-4-9-38-32)28(23-14-34-11-12-36-23)29(24-16-49-47-44-24)30(26)33-39-17-35-18-40-33/h1-14,16-18H,15H2. The first kappa shape index (κ1) is 28.3. The zero-order valence-electron chi connectivity index (χ0n) is 25.1. The molecule has 7 heterocycles. The molecule has 0 atom stereocenters. The van der Waals surface area contributed by atoms with Crippen molar-refractivity contribution >= 4 is 34.0 Å². The summed E-state index contributed by atoms with van der Waals surface area (Å²) < 4.78 is 4.24. The van der Waals surface area contributed by atoms with Crippen LogP contribution >= 0.6 is 11.5 Å². The van der Waals surface area contributed by atoms with Crippen molar-refractivity contribution in [2.75, 3.05) is 5.01 Å². The van der Waals surface area contributed by atoms with Crippen molar-refractivity contribution in [1.82, 2.24) is 64.9 Å². The molecule has 49 heavy (non-hydrogen) atoms. The van der Waals surface area contributed by atoms with Crippen LogP contribution < -0.4 is 5.01 Å². The summed E-state index contributed by atoms with van der Waals surface area (Å²) in [5.74, 6) is 1.36. The Morgan fingerprint density at radius 3 is 2.27 bits per heavy atom. The van der Waals surface area contributed by atoms with Crippen LogP contribution in [0.1, 0.15) is 16.8 Å². The maximum atomic E-state index is 5.19. The molecule has 0 saturated heterocycles. The third-order valence-corrected chi connectivity index (χ3v) is 8.38. The van der Waals surface area contributed by atoms with Gasteiger partial charge in [-0.25, -0.2) is 29.9 Å². The summed E-state index contributed by atoms with van der Waals surface area (Å²) in [6.07, 6.45) is 12.9. The van der Waals surface area contributed by atoms with Gasteiger partial charge in [-0.1, -0.05) is 22.7 Å².